The highest BCUT2D eigenvalue weighted by Crippen LogP contribution is 2.35. The molecular weight excluding hydrogens is 290 g/mol. The Bertz CT molecular complexity index is 843. The maximum absolute atomic E-state index is 6.34. The molecule has 0 saturated heterocycles. The number of nitrogens with zero attached hydrogens (tertiary/aromatic N) is 3. The Balaban J connectivity index is 2.45. The van der Waals surface area contributed by atoms with E-state index in [1.807, 2.05) is 13.0 Å². The number of halogens is 1. The van der Waals surface area contributed by atoms with Gasteiger partial charge >= 0.3 is 0 Å². The van der Waals surface area contributed by atoms with Crippen molar-refractivity contribution in [2.75, 3.05) is 18.6 Å². The summed E-state index contributed by atoms with van der Waals surface area (Å²) in [6.07, 6.45) is 1.50. The van der Waals surface area contributed by atoms with Gasteiger partial charge in [0, 0.05) is 11.1 Å². The zero-order chi connectivity index (χ0) is 15.1. The van der Waals surface area contributed by atoms with Gasteiger partial charge in [-0.25, -0.2) is 9.67 Å². The lowest BCUT2D eigenvalue weighted by atomic mass is 10.1. The van der Waals surface area contributed by atoms with E-state index >= 15 is 0 Å². The van der Waals surface area contributed by atoms with Crippen LogP contribution in [0.3, 0.4) is 0 Å². The first-order valence-corrected chi connectivity index (χ1v) is 6.64. The molecule has 6 nitrogen and oxygen atoms in total. The molecule has 108 valence electrons. The minimum Gasteiger partial charge on any atom is -0.494 e. The van der Waals surface area contributed by atoms with Gasteiger partial charge in [0.05, 0.1) is 29.7 Å². The highest BCUT2D eigenvalue weighted by molar-refractivity contribution is 6.36. The standard InChI is InChI=1S/C14H14ClN5O/c1-7-5-10(20-14(17)9(16)6-18-20)12-8(15)3-4-11(21-2)13(12)19-7/h3-6H,16-17H2,1-2H3. The molecule has 0 aliphatic carbocycles. The van der Waals surface area contributed by atoms with Crippen molar-refractivity contribution in [1.82, 2.24) is 14.8 Å². The number of pyridine rings is 1. The van der Waals surface area contributed by atoms with Gasteiger partial charge in [-0.3, -0.25) is 0 Å². The molecule has 0 aliphatic rings. The average molecular weight is 304 g/mol. The lowest BCUT2D eigenvalue weighted by Gasteiger charge is -2.13. The SMILES string of the molecule is COc1ccc(Cl)c2c(-n3ncc(N)c3N)cc(C)nc12. The Kier molecular flexibility index (Phi) is 3.10. The third-order valence-electron chi connectivity index (χ3n) is 3.26. The number of nitrogens with two attached hydrogens (primary N) is 2. The number of ether oxygens (including phenoxy) is 1. The maximum atomic E-state index is 6.34. The van der Waals surface area contributed by atoms with Gasteiger partial charge in [0.25, 0.3) is 0 Å². The molecule has 3 rings (SSSR count). The van der Waals surface area contributed by atoms with Crippen molar-refractivity contribution in [3.8, 4) is 11.4 Å². The molecule has 0 fully saturated rings. The molecule has 0 bridgehead atoms. The first-order chi connectivity index (χ1) is 10.0. The number of anilines is 2. The van der Waals surface area contributed by atoms with Crippen LogP contribution >= 0.6 is 11.6 Å². The molecule has 0 spiro atoms. The number of hydrogen-bond donors (Lipinski definition) is 2. The summed E-state index contributed by atoms with van der Waals surface area (Å²) in [5.41, 5.74) is 14.3. The zero-order valence-electron chi connectivity index (χ0n) is 11.6. The highest BCUT2D eigenvalue weighted by Gasteiger charge is 2.16. The Morgan fingerprint density at radius 2 is 2.05 bits per heavy atom. The first kappa shape index (κ1) is 13.5. The molecule has 1 aromatic carbocycles. The van der Waals surface area contributed by atoms with E-state index in [1.165, 1.54) is 6.20 Å². The van der Waals surface area contributed by atoms with Gasteiger partial charge in [-0.05, 0) is 25.1 Å². The molecule has 4 N–H and O–H groups in total. The smallest absolute Gasteiger partial charge is 0.150 e. The topological polar surface area (TPSA) is 92.0 Å². The largest absolute Gasteiger partial charge is 0.494 e. The number of nitrogen functional groups attached to an aromatic ring is 2. The number of hydrogen-bond acceptors (Lipinski definition) is 5. The van der Waals surface area contributed by atoms with E-state index in [9.17, 15) is 0 Å². The Morgan fingerprint density at radius 1 is 1.29 bits per heavy atom. The van der Waals surface area contributed by atoms with Crippen molar-refractivity contribution in [2.24, 2.45) is 0 Å². The van der Waals surface area contributed by atoms with Crippen molar-refractivity contribution in [2.45, 2.75) is 6.92 Å². The minimum atomic E-state index is 0.362. The molecule has 0 aliphatic heterocycles. The predicted octanol–water partition coefficient (Wildman–Crippen LogP) is 2.56. The van der Waals surface area contributed by atoms with E-state index in [0.29, 0.717) is 27.8 Å². The van der Waals surface area contributed by atoms with Gasteiger partial charge in [-0.2, -0.15) is 5.10 Å². The summed E-state index contributed by atoms with van der Waals surface area (Å²) >= 11 is 6.34. The normalized spacial score (nSPS) is 11.0. The Hall–Kier alpha value is -2.47. The van der Waals surface area contributed by atoms with E-state index < -0.39 is 0 Å². The number of benzene rings is 1. The summed E-state index contributed by atoms with van der Waals surface area (Å²) < 4.78 is 6.91. The van der Waals surface area contributed by atoms with E-state index in [0.717, 1.165) is 16.8 Å². The third-order valence-corrected chi connectivity index (χ3v) is 3.58. The fraction of sp³-hybridized carbons (Fsp3) is 0.143. The summed E-state index contributed by atoms with van der Waals surface area (Å²) in [6, 6.07) is 5.39. The number of aryl methyl sites for hydroxylation is 1. The zero-order valence-corrected chi connectivity index (χ0v) is 12.3. The van der Waals surface area contributed by atoms with E-state index in [2.05, 4.69) is 10.1 Å². The molecule has 0 atom stereocenters. The van der Waals surface area contributed by atoms with E-state index in [-0.39, 0.29) is 0 Å². The maximum Gasteiger partial charge on any atom is 0.150 e. The van der Waals surface area contributed by atoms with Gasteiger partial charge in [0.2, 0.25) is 0 Å². The quantitative estimate of drug-likeness (QED) is 0.759. The van der Waals surface area contributed by atoms with Crippen molar-refractivity contribution in [3.05, 3.63) is 35.1 Å². The number of methoxy groups -OCH3 is 1. The van der Waals surface area contributed by atoms with Crippen LogP contribution < -0.4 is 16.2 Å². The highest BCUT2D eigenvalue weighted by atomic mass is 35.5. The van der Waals surface area contributed by atoms with Crippen LogP contribution in [-0.2, 0) is 0 Å². The van der Waals surface area contributed by atoms with Gasteiger partial charge in [-0.15, -0.1) is 0 Å². The molecule has 0 amide bonds. The molecule has 0 radical (unpaired) electrons. The average Bonchev–Trinajstić information content (AvgIpc) is 2.78. The fourth-order valence-corrected chi connectivity index (χ4v) is 2.52. The lowest BCUT2D eigenvalue weighted by molar-refractivity contribution is 0.419. The molecule has 2 aromatic heterocycles. The van der Waals surface area contributed by atoms with Crippen LogP contribution in [0.1, 0.15) is 5.69 Å². The van der Waals surface area contributed by atoms with Gasteiger partial charge in [0.15, 0.2) is 5.82 Å². The molecular formula is C14H14ClN5O. The van der Waals surface area contributed by atoms with E-state index in [1.54, 1.807) is 23.9 Å². The second-order valence-electron chi connectivity index (χ2n) is 4.65. The molecule has 3 aromatic rings. The fourth-order valence-electron chi connectivity index (χ4n) is 2.28. The molecule has 0 unspecified atom stereocenters. The number of fused-ring (bicyclic) bond motifs is 1. The second-order valence-corrected chi connectivity index (χ2v) is 5.06. The molecule has 21 heavy (non-hydrogen) atoms. The Labute approximate surface area is 126 Å². The van der Waals surface area contributed by atoms with Crippen LogP contribution in [0.2, 0.25) is 5.02 Å². The van der Waals surface area contributed by atoms with Crippen LogP contribution in [0.4, 0.5) is 11.5 Å². The van der Waals surface area contributed by atoms with Gasteiger partial charge in [0.1, 0.15) is 11.3 Å². The number of rotatable bonds is 2. The minimum absolute atomic E-state index is 0.362. The summed E-state index contributed by atoms with van der Waals surface area (Å²) in [5.74, 6) is 0.999. The summed E-state index contributed by atoms with van der Waals surface area (Å²) in [7, 11) is 1.59. The summed E-state index contributed by atoms with van der Waals surface area (Å²) in [6.45, 7) is 1.88. The first-order valence-electron chi connectivity index (χ1n) is 6.26. The predicted molar refractivity (Wildman–Crippen MR) is 84.0 cm³/mol. The third kappa shape index (κ3) is 2.04. The molecule has 7 heteroatoms. The molecule has 0 saturated carbocycles. The van der Waals surface area contributed by atoms with Crippen LogP contribution in [0.25, 0.3) is 16.6 Å². The van der Waals surface area contributed by atoms with Crippen LogP contribution in [0, 0.1) is 6.92 Å². The summed E-state index contributed by atoms with van der Waals surface area (Å²) in [4.78, 5) is 4.51. The van der Waals surface area contributed by atoms with E-state index in [4.69, 9.17) is 27.8 Å². The molecule has 2 heterocycles. The monoisotopic (exact) mass is 303 g/mol. The lowest BCUT2D eigenvalue weighted by Crippen LogP contribution is -2.05. The van der Waals surface area contributed by atoms with Crippen LogP contribution in [0.15, 0.2) is 24.4 Å². The van der Waals surface area contributed by atoms with Crippen molar-refractivity contribution in [1.29, 1.82) is 0 Å². The second kappa shape index (κ2) is 4.82. The van der Waals surface area contributed by atoms with Gasteiger partial charge < -0.3 is 16.2 Å². The number of aromatic nitrogens is 3. The van der Waals surface area contributed by atoms with Crippen molar-refractivity contribution in [3.63, 3.8) is 0 Å². The van der Waals surface area contributed by atoms with Gasteiger partial charge in [-0.1, -0.05) is 11.6 Å². The Morgan fingerprint density at radius 3 is 2.67 bits per heavy atom. The van der Waals surface area contributed by atoms with Crippen molar-refractivity contribution >= 4 is 34.0 Å². The summed E-state index contributed by atoms with van der Waals surface area (Å²) in [5, 5.41) is 5.48. The van der Waals surface area contributed by atoms with Crippen LogP contribution in [-0.4, -0.2) is 21.9 Å². The van der Waals surface area contributed by atoms with Crippen molar-refractivity contribution < 1.29 is 4.74 Å². The van der Waals surface area contributed by atoms with Crippen LogP contribution in [0.5, 0.6) is 5.75 Å².